The predicted molar refractivity (Wildman–Crippen MR) is 72.2 cm³/mol. The quantitative estimate of drug-likeness (QED) is 0.860. The highest BCUT2D eigenvalue weighted by molar-refractivity contribution is 9.10. The van der Waals surface area contributed by atoms with Gasteiger partial charge in [0.15, 0.2) is 0 Å². The molecule has 2 aliphatic rings. The number of carboxylic acid groups (broad SMARTS) is 1. The third kappa shape index (κ3) is 2.66. The van der Waals surface area contributed by atoms with E-state index in [1.807, 2.05) is 0 Å². The summed E-state index contributed by atoms with van der Waals surface area (Å²) >= 11 is 3.29. The van der Waals surface area contributed by atoms with E-state index in [0.717, 1.165) is 18.9 Å². The molecular weight excluding hydrogens is 353 g/mol. The maximum atomic E-state index is 13.0. The first kappa shape index (κ1) is 14.4. The van der Waals surface area contributed by atoms with Crippen molar-refractivity contribution in [2.24, 2.45) is 0 Å². The van der Waals surface area contributed by atoms with Crippen LogP contribution in [0.4, 0.5) is 13.2 Å². The van der Waals surface area contributed by atoms with E-state index in [1.54, 1.807) is 12.1 Å². The maximum Gasteiger partial charge on any atom is 0.430 e. The monoisotopic (exact) mass is 362 g/mol. The van der Waals surface area contributed by atoms with Gasteiger partial charge in [-0.3, -0.25) is 0 Å². The largest absolute Gasteiger partial charge is 0.478 e. The van der Waals surface area contributed by atoms with E-state index in [2.05, 4.69) is 15.9 Å². The molecule has 0 saturated heterocycles. The van der Waals surface area contributed by atoms with Crippen LogP contribution in [0, 0.1) is 0 Å². The van der Waals surface area contributed by atoms with Crippen molar-refractivity contribution in [1.82, 2.24) is 0 Å². The third-order valence-corrected chi connectivity index (χ3v) is 3.96. The maximum absolute atomic E-state index is 13.0. The van der Waals surface area contributed by atoms with Crippen molar-refractivity contribution in [2.45, 2.75) is 31.0 Å². The number of aliphatic carboxylic acids is 1. The number of halogens is 4. The van der Waals surface area contributed by atoms with Gasteiger partial charge in [-0.2, -0.15) is 13.2 Å². The lowest BCUT2D eigenvalue weighted by Gasteiger charge is -2.28. The van der Waals surface area contributed by atoms with Crippen molar-refractivity contribution >= 4 is 28.0 Å². The summed E-state index contributed by atoms with van der Waals surface area (Å²) in [6.45, 7) is 0. The Balaban J connectivity index is 2.15. The van der Waals surface area contributed by atoms with Crippen LogP contribution in [0.3, 0.4) is 0 Å². The summed E-state index contributed by atoms with van der Waals surface area (Å²) in [6, 6.07) is 3.31. The molecule has 1 aromatic carbocycles. The molecule has 3 nitrogen and oxygen atoms in total. The summed E-state index contributed by atoms with van der Waals surface area (Å²) in [4.78, 5) is 11.1. The summed E-state index contributed by atoms with van der Waals surface area (Å²) in [6.07, 6.45) is -4.34. The van der Waals surface area contributed by atoms with Crippen LogP contribution < -0.4 is 4.74 Å². The molecule has 0 spiro atoms. The van der Waals surface area contributed by atoms with Gasteiger partial charge in [-0.1, -0.05) is 15.9 Å². The van der Waals surface area contributed by atoms with E-state index in [4.69, 9.17) is 9.84 Å². The normalized spacial score (nSPS) is 21.3. The van der Waals surface area contributed by atoms with Crippen LogP contribution in [0.5, 0.6) is 5.75 Å². The van der Waals surface area contributed by atoms with Crippen molar-refractivity contribution in [2.75, 3.05) is 0 Å². The van der Waals surface area contributed by atoms with Gasteiger partial charge in [-0.05, 0) is 42.5 Å². The van der Waals surface area contributed by atoms with Crippen molar-refractivity contribution in [3.63, 3.8) is 0 Å². The molecule has 0 amide bonds. The Labute approximate surface area is 126 Å². The Morgan fingerprint density at radius 1 is 1.33 bits per heavy atom. The Bertz CT molecular complexity index is 648. The smallest absolute Gasteiger partial charge is 0.430 e. The molecule has 7 heteroatoms. The molecule has 1 aliphatic carbocycles. The molecule has 21 heavy (non-hydrogen) atoms. The number of hydrogen-bond donors (Lipinski definition) is 1. The number of benzene rings is 1. The summed E-state index contributed by atoms with van der Waals surface area (Å²) in [5.74, 6) is -1.30. The number of fused-ring (bicyclic) bond motifs is 1. The van der Waals surface area contributed by atoms with Gasteiger partial charge in [-0.15, -0.1) is 0 Å². The first-order chi connectivity index (χ1) is 9.77. The average molecular weight is 363 g/mol. The second-order valence-corrected chi connectivity index (χ2v) is 6.05. The van der Waals surface area contributed by atoms with Crippen molar-refractivity contribution in [1.29, 1.82) is 0 Å². The molecule has 3 rings (SSSR count). The van der Waals surface area contributed by atoms with Crippen LogP contribution in [-0.2, 0) is 4.79 Å². The SMILES string of the molecule is O=C(O)C1=Cc2cc(Br)cc(C3CC3)c2O[C@@H]1C(F)(F)F. The highest BCUT2D eigenvalue weighted by Crippen LogP contribution is 2.49. The summed E-state index contributed by atoms with van der Waals surface area (Å²) in [5.41, 5.74) is 0.272. The minimum atomic E-state index is -4.77. The van der Waals surface area contributed by atoms with Crippen LogP contribution in [0.15, 0.2) is 22.2 Å². The first-order valence-corrected chi connectivity index (χ1v) is 7.08. The van der Waals surface area contributed by atoms with Gasteiger partial charge in [0.2, 0.25) is 6.10 Å². The van der Waals surface area contributed by atoms with E-state index in [9.17, 15) is 18.0 Å². The van der Waals surface area contributed by atoms with Gasteiger partial charge in [-0.25, -0.2) is 4.79 Å². The molecule has 1 heterocycles. The highest BCUT2D eigenvalue weighted by atomic mass is 79.9. The Kier molecular flexibility index (Phi) is 3.27. The number of alkyl halides is 3. The third-order valence-electron chi connectivity index (χ3n) is 3.50. The fraction of sp³-hybridized carbons (Fsp3) is 0.357. The standard InChI is InChI=1S/C14H10BrF3O3/c15-8-3-7-4-10(13(19)20)12(14(16,17)18)21-11(7)9(5-8)6-1-2-6/h3-6,12H,1-2H2,(H,19,20)/t12-/m0/s1. The molecule has 0 radical (unpaired) electrons. The molecule has 0 unspecified atom stereocenters. The highest BCUT2D eigenvalue weighted by Gasteiger charge is 2.49. The summed E-state index contributed by atoms with van der Waals surface area (Å²) in [7, 11) is 0. The van der Waals surface area contributed by atoms with E-state index < -0.39 is 23.8 Å². The van der Waals surface area contributed by atoms with E-state index in [-0.39, 0.29) is 11.7 Å². The van der Waals surface area contributed by atoms with Gasteiger partial charge in [0.25, 0.3) is 0 Å². The molecule has 1 aliphatic heterocycles. The molecule has 0 aromatic heterocycles. The zero-order valence-electron chi connectivity index (χ0n) is 10.6. The minimum absolute atomic E-state index is 0.146. The first-order valence-electron chi connectivity index (χ1n) is 6.29. The zero-order chi connectivity index (χ0) is 15.4. The average Bonchev–Trinajstić information content (AvgIpc) is 3.19. The number of rotatable bonds is 2. The minimum Gasteiger partial charge on any atom is -0.478 e. The van der Waals surface area contributed by atoms with Crippen molar-refractivity contribution in [3.05, 3.63) is 33.3 Å². The number of carboxylic acids is 1. The Morgan fingerprint density at radius 2 is 2.00 bits per heavy atom. The Hall–Kier alpha value is -1.50. The fourth-order valence-electron chi connectivity index (χ4n) is 2.42. The lowest BCUT2D eigenvalue weighted by atomic mass is 9.97. The summed E-state index contributed by atoms with van der Waals surface area (Å²) in [5, 5.41) is 9.00. The number of hydrogen-bond acceptors (Lipinski definition) is 2. The number of ether oxygens (including phenoxy) is 1. The van der Waals surface area contributed by atoms with Crippen molar-refractivity contribution < 1.29 is 27.8 Å². The van der Waals surface area contributed by atoms with Crippen LogP contribution in [0.25, 0.3) is 6.08 Å². The zero-order valence-corrected chi connectivity index (χ0v) is 12.2. The predicted octanol–water partition coefficient (Wildman–Crippen LogP) is 4.12. The lowest BCUT2D eigenvalue weighted by Crippen LogP contribution is -2.40. The topological polar surface area (TPSA) is 46.5 Å². The van der Waals surface area contributed by atoms with Gasteiger partial charge in [0, 0.05) is 10.0 Å². The molecule has 1 atom stereocenters. The van der Waals surface area contributed by atoms with E-state index >= 15 is 0 Å². The van der Waals surface area contributed by atoms with E-state index in [1.165, 1.54) is 0 Å². The van der Waals surface area contributed by atoms with Crippen LogP contribution in [-0.4, -0.2) is 23.4 Å². The van der Waals surface area contributed by atoms with Gasteiger partial charge >= 0.3 is 12.1 Å². The molecule has 1 aromatic rings. The molecule has 1 fully saturated rings. The van der Waals surface area contributed by atoms with Gasteiger partial charge < -0.3 is 9.84 Å². The molecule has 1 saturated carbocycles. The van der Waals surface area contributed by atoms with Crippen LogP contribution >= 0.6 is 15.9 Å². The number of carbonyl (C=O) groups is 1. The second-order valence-electron chi connectivity index (χ2n) is 5.13. The van der Waals surface area contributed by atoms with E-state index in [0.29, 0.717) is 15.6 Å². The summed E-state index contributed by atoms with van der Waals surface area (Å²) < 4.78 is 44.9. The lowest BCUT2D eigenvalue weighted by molar-refractivity contribution is -0.187. The van der Waals surface area contributed by atoms with Crippen molar-refractivity contribution in [3.8, 4) is 5.75 Å². The van der Waals surface area contributed by atoms with Gasteiger partial charge in [0.1, 0.15) is 5.75 Å². The molecular formula is C14H10BrF3O3. The fourth-order valence-corrected chi connectivity index (χ4v) is 2.91. The molecule has 112 valence electrons. The van der Waals surface area contributed by atoms with Crippen LogP contribution in [0.2, 0.25) is 0 Å². The molecule has 1 N–H and O–H groups in total. The molecule has 0 bridgehead atoms. The van der Waals surface area contributed by atoms with Gasteiger partial charge in [0.05, 0.1) is 5.57 Å². The second kappa shape index (κ2) is 4.76. The Morgan fingerprint density at radius 3 is 2.52 bits per heavy atom. The van der Waals surface area contributed by atoms with Crippen LogP contribution in [0.1, 0.15) is 29.9 Å².